The van der Waals surface area contributed by atoms with Gasteiger partial charge < -0.3 is 10.1 Å². The first-order valence-electron chi connectivity index (χ1n) is 8.63. The van der Waals surface area contributed by atoms with Crippen molar-refractivity contribution in [2.45, 2.75) is 45.1 Å². The SMILES string of the molecule is COC[C@@H](C)NC(=S)NNC(=O)CCN1C(=O)[C@H]2CCCC[C@H]2C1=O. The Morgan fingerprint density at radius 2 is 1.84 bits per heavy atom. The Balaban J connectivity index is 1.72. The van der Waals surface area contributed by atoms with Crippen molar-refractivity contribution < 1.29 is 19.1 Å². The Bertz CT molecular complexity index is 518. The van der Waals surface area contributed by atoms with Crippen LogP contribution < -0.4 is 16.2 Å². The third-order valence-corrected chi connectivity index (χ3v) is 4.82. The van der Waals surface area contributed by atoms with Gasteiger partial charge in [0.2, 0.25) is 17.7 Å². The van der Waals surface area contributed by atoms with Crippen molar-refractivity contribution in [2.24, 2.45) is 11.8 Å². The van der Waals surface area contributed by atoms with Crippen molar-refractivity contribution >= 4 is 35.1 Å². The number of nitrogens with zero attached hydrogens (tertiary/aromatic N) is 1. The van der Waals surface area contributed by atoms with E-state index in [1.54, 1.807) is 7.11 Å². The van der Waals surface area contributed by atoms with E-state index in [0.29, 0.717) is 6.61 Å². The molecule has 2 rings (SSSR count). The molecule has 1 saturated heterocycles. The predicted molar refractivity (Wildman–Crippen MR) is 95.1 cm³/mol. The highest BCUT2D eigenvalue weighted by molar-refractivity contribution is 7.80. The summed E-state index contributed by atoms with van der Waals surface area (Å²) >= 11 is 5.05. The molecule has 1 saturated carbocycles. The Morgan fingerprint density at radius 3 is 2.40 bits per heavy atom. The number of ether oxygens (including phenoxy) is 1. The van der Waals surface area contributed by atoms with E-state index in [-0.39, 0.29) is 53.7 Å². The van der Waals surface area contributed by atoms with Crippen molar-refractivity contribution in [3.8, 4) is 0 Å². The first kappa shape index (κ1) is 19.6. The summed E-state index contributed by atoms with van der Waals surface area (Å²) in [6, 6.07) is 0.00471. The molecular weight excluding hydrogens is 344 g/mol. The van der Waals surface area contributed by atoms with Crippen LogP contribution in [0.1, 0.15) is 39.0 Å². The lowest BCUT2D eigenvalue weighted by atomic mass is 9.81. The minimum atomic E-state index is -0.334. The molecular formula is C16H26N4O4S. The van der Waals surface area contributed by atoms with Gasteiger partial charge in [-0.15, -0.1) is 0 Å². The summed E-state index contributed by atoms with van der Waals surface area (Å²) in [5.74, 6) is -0.941. The molecule has 1 aliphatic carbocycles. The highest BCUT2D eigenvalue weighted by Gasteiger charge is 2.47. The number of hydrogen-bond donors (Lipinski definition) is 3. The minimum Gasteiger partial charge on any atom is -0.383 e. The quantitative estimate of drug-likeness (QED) is 0.346. The molecule has 8 nitrogen and oxygen atoms in total. The topological polar surface area (TPSA) is 99.8 Å². The number of likely N-dealkylation sites (tertiary alicyclic amines) is 1. The molecule has 0 aromatic heterocycles. The molecule has 2 fully saturated rings. The van der Waals surface area contributed by atoms with E-state index in [9.17, 15) is 14.4 Å². The molecule has 140 valence electrons. The largest absolute Gasteiger partial charge is 0.383 e. The molecule has 9 heteroatoms. The van der Waals surface area contributed by atoms with Gasteiger partial charge in [0.25, 0.3) is 0 Å². The highest BCUT2D eigenvalue weighted by atomic mass is 32.1. The molecule has 1 heterocycles. The molecule has 3 atom stereocenters. The van der Waals surface area contributed by atoms with E-state index in [4.69, 9.17) is 17.0 Å². The van der Waals surface area contributed by atoms with Crippen LogP contribution in [0.15, 0.2) is 0 Å². The van der Waals surface area contributed by atoms with Gasteiger partial charge in [-0.05, 0) is 32.0 Å². The smallest absolute Gasteiger partial charge is 0.240 e. The van der Waals surface area contributed by atoms with Crippen LogP contribution in [0.2, 0.25) is 0 Å². The number of hydrogen-bond acceptors (Lipinski definition) is 5. The second-order valence-electron chi connectivity index (χ2n) is 6.58. The highest BCUT2D eigenvalue weighted by Crippen LogP contribution is 2.37. The number of imide groups is 1. The van der Waals surface area contributed by atoms with Crippen molar-refractivity contribution in [2.75, 3.05) is 20.3 Å². The van der Waals surface area contributed by atoms with Crippen molar-refractivity contribution in [3.05, 3.63) is 0 Å². The van der Waals surface area contributed by atoms with Crippen molar-refractivity contribution in [1.82, 2.24) is 21.1 Å². The second-order valence-corrected chi connectivity index (χ2v) is 6.99. The van der Waals surface area contributed by atoms with Gasteiger partial charge in [-0.25, -0.2) is 0 Å². The molecule has 1 aliphatic heterocycles. The lowest BCUT2D eigenvalue weighted by Crippen LogP contribution is -2.50. The zero-order chi connectivity index (χ0) is 18.4. The molecule has 0 aromatic rings. The maximum atomic E-state index is 12.3. The molecule has 0 aromatic carbocycles. The summed E-state index contributed by atoms with van der Waals surface area (Å²) in [6.45, 7) is 2.49. The number of carbonyl (C=O) groups excluding carboxylic acids is 3. The standard InChI is InChI=1S/C16H26N4O4S/c1-10(9-24-2)17-16(25)19-18-13(21)7-8-20-14(22)11-5-3-4-6-12(11)15(20)23/h10-12H,3-9H2,1-2H3,(H,18,21)(H2,17,19,25)/t10-,11-,12+/m1/s1. The average molecular weight is 370 g/mol. The van der Waals surface area contributed by atoms with Crippen molar-refractivity contribution in [1.29, 1.82) is 0 Å². The molecule has 3 amide bonds. The number of nitrogens with one attached hydrogen (secondary N) is 3. The Kier molecular flexibility index (Phi) is 7.12. The molecule has 0 spiro atoms. The van der Waals surface area contributed by atoms with Gasteiger partial charge in [-0.2, -0.15) is 0 Å². The van der Waals surface area contributed by atoms with Gasteiger partial charge in [0.1, 0.15) is 0 Å². The fourth-order valence-corrected chi connectivity index (χ4v) is 3.66. The fraction of sp³-hybridized carbons (Fsp3) is 0.750. The van der Waals surface area contributed by atoms with Crippen LogP contribution in [0.3, 0.4) is 0 Å². The zero-order valence-corrected chi connectivity index (χ0v) is 15.5. The molecule has 0 radical (unpaired) electrons. The van der Waals surface area contributed by atoms with Crippen LogP contribution in [0.4, 0.5) is 0 Å². The van der Waals surface area contributed by atoms with Crippen LogP contribution >= 0.6 is 12.2 Å². The van der Waals surface area contributed by atoms with Gasteiger partial charge in [0.05, 0.1) is 18.4 Å². The van der Waals surface area contributed by atoms with E-state index in [1.807, 2.05) is 6.92 Å². The Hall–Kier alpha value is -1.74. The first-order valence-corrected chi connectivity index (χ1v) is 9.04. The normalized spacial score (nSPS) is 23.8. The Labute approximate surface area is 153 Å². The lowest BCUT2D eigenvalue weighted by Gasteiger charge is -2.19. The Morgan fingerprint density at radius 1 is 1.24 bits per heavy atom. The summed E-state index contributed by atoms with van der Waals surface area (Å²) in [7, 11) is 1.59. The van der Waals surface area contributed by atoms with Crippen LogP contribution in [0.25, 0.3) is 0 Å². The van der Waals surface area contributed by atoms with Gasteiger partial charge in [0, 0.05) is 26.1 Å². The number of hydrazine groups is 1. The number of carbonyl (C=O) groups is 3. The molecule has 0 bridgehead atoms. The first-order chi connectivity index (χ1) is 11.9. The van der Waals surface area contributed by atoms with E-state index in [2.05, 4.69) is 16.2 Å². The third kappa shape index (κ3) is 5.12. The maximum Gasteiger partial charge on any atom is 0.240 e. The summed E-state index contributed by atoms with van der Waals surface area (Å²) in [5, 5.41) is 3.22. The van der Waals surface area contributed by atoms with Crippen LogP contribution in [0, 0.1) is 11.8 Å². The van der Waals surface area contributed by atoms with Crippen molar-refractivity contribution in [3.63, 3.8) is 0 Å². The average Bonchev–Trinajstić information content (AvgIpc) is 2.83. The number of thiocarbonyl (C=S) groups is 1. The van der Waals surface area contributed by atoms with Gasteiger partial charge >= 0.3 is 0 Å². The zero-order valence-electron chi connectivity index (χ0n) is 14.7. The van der Waals surface area contributed by atoms with E-state index >= 15 is 0 Å². The minimum absolute atomic E-state index is 0.00471. The van der Waals surface area contributed by atoms with Crippen LogP contribution in [-0.2, 0) is 19.1 Å². The second kappa shape index (κ2) is 9.10. The summed E-state index contributed by atoms with van der Waals surface area (Å²) < 4.78 is 4.98. The summed E-state index contributed by atoms with van der Waals surface area (Å²) in [6.07, 6.45) is 3.58. The fourth-order valence-electron chi connectivity index (χ4n) is 3.41. The monoisotopic (exact) mass is 370 g/mol. The van der Waals surface area contributed by atoms with Gasteiger partial charge in [-0.3, -0.25) is 30.1 Å². The van der Waals surface area contributed by atoms with E-state index in [1.165, 1.54) is 4.90 Å². The summed E-state index contributed by atoms with van der Waals surface area (Å²) in [4.78, 5) is 37.8. The van der Waals surface area contributed by atoms with Crippen LogP contribution in [-0.4, -0.2) is 54.0 Å². The van der Waals surface area contributed by atoms with E-state index < -0.39 is 0 Å². The number of rotatable bonds is 6. The lowest BCUT2D eigenvalue weighted by molar-refractivity contribution is -0.140. The number of amides is 3. The maximum absolute atomic E-state index is 12.3. The van der Waals surface area contributed by atoms with Crippen LogP contribution in [0.5, 0.6) is 0 Å². The van der Waals surface area contributed by atoms with E-state index in [0.717, 1.165) is 25.7 Å². The van der Waals surface area contributed by atoms with Gasteiger partial charge in [0.15, 0.2) is 5.11 Å². The molecule has 3 N–H and O–H groups in total. The predicted octanol–water partition coefficient (Wildman–Crippen LogP) is 0.0819. The number of fused-ring (bicyclic) bond motifs is 1. The third-order valence-electron chi connectivity index (χ3n) is 4.60. The molecule has 2 aliphatic rings. The molecule has 0 unspecified atom stereocenters. The van der Waals surface area contributed by atoms with Gasteiger partial charge in [-0.1, -0.05) is 12.8 Å². The summed E-state index contributed by atoms with van der Waals surface area (Å²) in [5.41, 5.74) is 5.06. The molecule has 25 heavy (non-hydrogen) atoms. The number of methoxy groups -OCH3 is 1.